The van der Waals surface area contributed by atoms with Crippen LogP contribution in [0.5, 0.6) is 0 Å². The van der Waals surface area contributed by atoms with Crippen LogP contribution in [0.4, 0.5) is 5.69 Å². The molecule has 6 heteroatoms. The van der Waals surface area contributed by atoms with Crippen LogP contribution in [0.25, 0.3) is 10.9 Å². The summed E-state index contributed by atoms with van der Waals surface area (Å²) in [6, 6.07) is 6.13. The van der Waals surface area contributed by atoms with Gasteiger partial charge in [-0.15, -0.1) is 0 Å². The predicted molar refractivity (Wildman–Crippen MR) is 110 cm³/mol. The predicted octanol–water partition coefficient (Wildman–Crippen LogP) is 1.96. The van der Waals surface area contributed by atoms with E-state index in [0.29, 0.717) is 32.1 Å². The number of aromatic nitrogens is 1. The largest absolute Gasteiger partial charge is 0.383 e. The minimum Gasteiger partial charge on any atom is -0.383 e. The smallest absolute Gasteiger partial charge is 0.224 e. The number of rotatable bonds is 5. The molecule has 1 aliphatic carbocycles. The minimum atomic E-state index is -0.808. The highest BCUT2D eigenvalue weighted by Gasteiger charge is 2.37. The molecular weight excluding hydrogens is 339 g/mol. The van der Waals surface area contributed by atoms with Crippen molar-refractivity contribution in [2.24, 2.45) is 5.92 Å². The van der Waals surface area contributed by atoms with Crippen LogP contribution < -0.4 is 10.8 Å². The van der Waals surface area contributed by atoms with E-state index in [1.807, 2.05) is 22.9 Å². The zero-order valence-electron chi connectivity index (χ0n) is 16.2. The molecule has 2 aliphatic rings. The number of carbonyl (C=O) groups excluding carboxylic acids is 1. The van der Waals surface area contributed by atoms with Crippen molar-refractivity contribution in [1.82, 2.24) is 4.57 Å². The number of benzene rings is 1. The van der Waals surface area contributed by atoms with Gasteiger partial charge in [0.05, 0.1) is 25.4 Å². The van der Waals surface area contributed by atoms with E-state index in [4.69, 9.17) is 4.74 Å². The fraction of sp³-hybridized carbons (Fsp3) is 0.571. The van der Waals surface area contributed by atoms with Crippen molar-refractivity contribution < 1.29 is 14.6 Å². The van der Waals surface area contributed by atoms with Gasteiger partial charge in [-0.3, -0.25) is 4.79 Å². The highest BCUT2D eigenvalue weighted by atomic mass is 16.5. The van der Waals surface area contributed by atoms with Gasteiger partial charge in [0.2, 0.25) is 5.91 Å². The Morgan fingerprint density at radius 3 is 2.67 bits per heavy atom. The summed E-state index contributed by atoms with van der Waals surface area (Å²) in [5.41, 5.74) is 2.22. The molecule has 2 N–H and O–H groups in total. The topological polar surface area (TPSA) is 63.5 Å². The number of hydrogen-bond acceptors (Lipinski definition) is 3. The first-order valence-electron chi connectivity index (χ1n) is 10.2. The van der Waals surface area contributed by atoms with Crippen molar-refractivity contribution >= 4 is 35.8 Å². The van der Waals surface area contributed by atoms with Crippen molar-refractivity contribution in [2.75, 3.05) is 18.5 Å². The molecule has 2 heterocycles. The normalized spacial score (nSPS) is 20.2. The van der Waals surface area contributed by atoms with Crippen molar-refractivity contribution in [3.63, 3.8) is 0 Å². The molecule has 1 saturated heterocycles. The van der Waals surface area contributed by atoms with Crippen LogP contribution in [0, 0.1) is 5.92 Å². The third-order valence-electron chi connectivity index (χ3n) is 6.04. The summed E-state index contributed by atoms with van der Waals surface area (Å²) in [6.07, 6.45) is 10.0. The Hall–Kier alpha value is -1.79. The second-order valence-corrected chi connectivity index (χ2v) is 8.47. The van der Waals surface area contributed by atoms with E-state index in [0.717, 1.165) is 22.1 Å². The molecule has 1 aromatic heterocycles. The van der Waals surface area contributed by atoms with Crippen LogP contribution in [0.15, 0.2) is 24.4 Å². The van der Waals surface area contributed by atoms with Gasteiger partial charge in [0.15, 0.2) is 0 Å². The number of carbonyl (C=O) groups is 1. The van der Waals surface area contributed by atoms with E-state index in [1.54, 1.807) is 0 Å². The zero-order valence-corrected chi connectivity index (χ0v) is 16.2. The number of hydrogen-bond donors (Lipinski definition) is 2. The molecular formula is C21H29BN2O3. The first-order chi connectivity index (χ1) is 13.0. The molecule has 1 amide bonds. The third-order valence-corrected chi connectivity index (χ3v) is 6.04. The second-order valence-electron chi connectivity index (χ2n) is 8.47. The quantitative estimate of drug-likeness (QED) is 0.627. The zero-order chi connectivity index (χ0) is 18.9. The van der Waals surface area contributed by atoms with Gasteiger partial charge in [-0.1, -0.05) is 43.3 Å². The van der Waals surface area contributed by atoms with Gasteiger partial charge in [-0.2, -0.15) is 0 Å². The number of aliphatic hydroxyl groups is 1. The molecule has 0 radical (unpaired) electrons. The summed E-state index contributed by atoms with van der Waals surface area (Å²) >= 11 is 0. The van der Waals surface area contributed by atoms with E-state index in [2.05, 4.69) is 19.2 Å². The molecule has 5 nitrogen and oxygen atoms in total. The fourth-order valence-corrected chi connectivity index (χ4v) is 4.54. The van der Waals surface area contributed by atoms with Crippen molar-refractivity contribution in [2.45, 2.75) is 57.1 Å². The molecule has 1 saturated carbocycles. The molecule has 0 unspecified atom stereocenters. The maximum absolute atomic E-state index is 12.7. The molecule has 2 aromatic rings. The van der Waals surface area contributed by atoms with Gasteiger partial charge >= 0.3 is 0 Å². The molecule has 1 aliphatic heterocycles. The monoisotopic (exact) mass is 368 g/mol. The number of amides is 1. The molecule has 144 valence electrons. The molecule has 2 fully saturated rings. The van der Waals surface area contributed by atoms with Crippen LogP contribution >= 0.6 is 0 Å². The molecule has 27 heavy (non-hydrogen) atoms. The Bertz CT molecular complexity index is 820. The van der Waals surface area contributed by atoms with Crippen LogP contribution in [0.1, 0.15) is 44.9 Å². The Morgan fingerprint density at radius 1 is 1.26 bits per heavy atom. The number of nitrogens with zero attached hydrogens (tertiary/aromatic N) is 1. The lowest BCUT2D eigenvalue weighted by molar-refractivity contribution is -0.184. The lowest BCUT2D eigenvalue weighted by Crippen LogP contribution is -2.52. The average molecular weight is 368 g/mol. The first kappa shape index (κ1) is 18.6. The summed E-state index contributed by atoms with van der Waals surface area (Å²) in [6.45, 7) is 1.20. The van der Waals surface area contributed by atoms with Crippen LogP contribution in [-0.2, 0) is 16.1 Å². The summed E-state index contributed by atoms with van der Waals surface area (Å²) in [5, 5.41) is 14.7. The number of fused-ring (bicyclic) bond motifs is 1. The first-order valence-corrected chi connectivity index (χ1v) is 10.2. The number of anilines is 1. The van der Waals surface area contributed by atoms with E-state index in [-0.39, 0.29) is 5.91 Å². The van der Waals surface area contributed by atoms with Gasteiger partial charge in [-0.25, -0.2) is 0 Å². The molecule has 1 aromatic carbocycles. The van der Waals surface area contributed by atoms with Gasteiger partial charge in [-0.05, 0) is 24.8 Å². The molecule has 0 bridgehead atoms. The average Bonchev–Trinajstić information content (AvgIpc) is 2.78. The van der Waals surface area contributed by atoms with Crippen molar-refractivity contribution in [3.05, 3.63) is 24.4 Å². The highest BCUT2D eigenvalue weighted by molar-refractivity contribution is 6.40. The van der Waals surface area contributed by atoms with Gasteiger partial charge in [0.25, 0.3) is 0 Å². The summed E-state index contributed by atoms with van der Waals surface area (Å²) < 4.78 is 7.23. The lowest BCUT2D eigenvalue weighted by Gasteiger charge is -2.36. The molecule has 0 spiro atoms. The number of nitrogens with one attached hydrogen (secondary N) is 1. The Morgan fingerprint density at radius 2 is 2.00 bits per heavy atom. The van der Waals surface area contributed by atoms with Crippen molar-refractivity contribution in [3.8, 4) is 0 Å². The SMILES string of the molecule is Bc1cccc2c1c(NC(=O)CC1CCCCCC1)cn2CC1(O)COC1. The van der Waals surface area contributed by atoms with E-state index >= 15 is 0 Å². The second kappa shape index (κ2) is 7.68. The maximum Gasteiger partial charge on any atom is 0.224 e. The standard InChI is InChI=1S/C21H29BN2O3/c22-16-8-5-9-18-20(16)17(11-24(18)12-21(26)13-27-14-21)23-19(25)10-15-6-3-1-2-4-7-15/h5,8-9,11,15,26H,1-4,6-7,10,12-14,22H2,(H,23,25). The maximum atomic E-state index is 12.7. The summed E-state index contributed by atoms with van der Waals surface area (Å²) in [5.74, 6) is 0.615. The van der Waals surface area contributed by atoms with Crippen LogP contribution in [-0.4, -0.2) is 42.2 Å². The molecule has 0 atom stereocenters. The van der Waals surface area contributed by atoms with Gasteiger partial charge in [0, 0.05) is 23.5 Å². The van der Waals surface area contributed by atoms with Crippen LogP contribution in [0.3, 0.4) is 0 Å². The van der Waals surface area contributed by atoms with E-state index < -0.39 is 5.60 Å². The highest BCUT2D eigenvalue weighted by Crippen LogP contribution is 2.30. The summed E-state index contributed by atoms with van der Waals surface area (Å²) in [7, 11) is 2.06. The number of ether oxygens (including phenoxy) is 1. The lowest BCUT2D eigenvalue weighted by atomic mass is 9.91. The van der Waals surface area contributed by atoms with Gasteiger partial charge < -0.3 is 19.7 Å². The Labute approximate surface area is 161 Å². The van der Waals surface area contributed by atoms with Crippen LogP contribution in [0.2, 0.25) is 0 Å². The minimum absolute atomic E-state index is 0.106. The van der Waals surface area contributed by atoms with Gasteiger partial charge in [0.1, 0.15) is 13.4 Å². The van der Waals surface area contributed by atoms with E-state index in [9.17, 15) is 9.90 Å². The molecule has 4 rings (SSSR count). The Balaban J connectivity index is 1.54. The summed E-state index contributed by atoms with van der Waals surface area (Å²) in [4.78, 5) is 12.7. The fourth-order valence-electron chi connectivity index (χ4n) is 4.54. The van der Waals surface area contributed by atoms with Crippen molar-refractivity contribution in [1.29, 1.82) is 0 Å². The third kappa shape index (κ3) is 4.07. The van der Waals surface area contributed by atoms with E-state index in [1.165, 1.54) is 38.5 Å². The Kier molecular flexibility index (Phi) is 5.28.